The molecule has 134 valence electrons. The van der Waals surface area contributed by atoms with Crippen LogP contribution in [0.15, 0.2) is 42.5 Å². The monoisotopic (exact) mass is 457 g/mol. The molecule has 3 rings (SSSR count). The second-order valence-corrected chi connectivity index (χ2v) is 6.98. The zero-order chi connectivity index (χ0) is 17.6. The second-order valence-electron chi connectivity index (χ2n) is 5.30. The van der Waals surface area contributed by atoms with E-state index in [-0.39, 0.29) is 18.5 Å². The van der Waals surface area contributed by atoms with Crippen LogP contribution in [0.2, 0.25) is 0 Å². The number of methoxy groups -OCH3 is 1. The molecule has 0 aliphatic carbocycles. The van der Waals surface area contributed by atoms with Gasteiger partial charge in [0.25, 0.3) is 0 Å². The Hall–Kier alpha value is -1.84. The normalized spacial score (nSPS) is 16.2. The van der Waals surface area contributed by atoms with Gasteiger partial charge in [-0.15, -0.1) is 0 Å². The van der Waals surface area contributed by atoms with E-state index in [2.05, 4.69) is 0 Å². The van der Waals surface area contributed by atoms with Crippen molar-refractivity contribution in [1.29, 1.82) is 0 Å². The Bertz CT molecular complexity index is 731. The average Bonchev–Trinajstić information content (AvgIpc) is 2.65. The summed E-state index contributed by atoms with van der Waals surface area (Å²) in [6.07, 6.45) is 0. The number of Topliss-reactive ketones (excluding diaryl/α,β-unsaturated/α-hetero) is 1. The number of carbonyl (C=O) groups is 1. The van der Waals surface area contributed by atoms with E-state index >= 15 is 0 Å². The third kappa shape index (κ3) is 4.23. The van der Waals surface area contributed by atoms with Crippen LogP contribution < -0.4 is 34.6 Å². The number of carbonyl (C=O) groups excluding carboxylic acids is 1. The summed E-state index contributed by atoms with van der Waals surface area (Å²) < 4.78 is 26.5. The Morgan fingerprint density at radius 3 is 2.60 bits per heavy atom. The molecule has 1 heterocycles. The Morgan fingerprint density at radius 1 is 1.12 bits per heavy atom. The molecular formula is C18H18IO6-. The molecule has 0 N–H and O–H groups in total. The summed E-state index contributed by atoms with van der Waals surface area (Å²) in [4.78, 5) is 12.8. The maximum atomic E-state index is 12.8. The zero-order valence-corrected chi connectivity index (χ0v) is 16.0. The SMILES string of the molecule is COCOc1ccc2c(c1)OCC(c1ccc(O[I-]OC)cc1)C2=O. The van der Waals surface area contributed by atoms with Crippen molar-refractivity contribution < 1.29 is 47.2 Å². The molecule has 0 saturated carbocycles. The number of ketones is 1. The van der Waals surface area contributed by atoms with E-state index in [1.165, 1.54) is 0 Å². The molecule has 1 atom stereocenters. The molecule has 2 aromatic rings. The fourth-order valence-corrected chi connectivity index (χ4v) is 3.23. The van der Waals surface area contributed by atoms with Crippen LogP contribution >= 0.6 is 0 Å². The quantitative estimate of drug-likeness (QED) is 0.430. The van der Waals surface area contributed by atoms with Crippen molar-refractivity contribution in [1.82, 2.24) is 0 Å². The Balaban J connectivity index is 1.75. The topological polar surface area (TPSA) is 63.2 Å². The number of ether oxygens (including phenoxy) is 3. The first-order valence-electron chi connectivity index (χ1n) is 7.60. The van der Waals surface area contributed by atoms with Crippen molar-refractivity contribution in [3.63, 3.8) is 0 Å². The van der Waals surface area contributed by atoms with E-state index in [1.54, 1.807) is 32.4 Å². The Labute approximate surface area is 157 Å². The summed E-state index contributed by atoms with van der Waals surface area (Å²) in [5, 5.41) is 0. The third-order valence-electron chi connectivity index (χ3n) is 3.75. The van der Waals surface area contributed by atoms with Gasteiger partial charge in [-0.25, -0.2) is 0 Å². The molecule has 0 bridgehead atoms. The molecular weight excluding hydrogens is 439 g/mol. The van der Waals surface area contributed by atoms with Gasteiger partial charge in [0, 0.05) is 7.11 Å². The summed E-state index contributed by atoms with van der Waals surface area (Å²) in [6.45, 7) is 0.444. The molecule has 2 aromatic carbocycles. The van der Waals surface area contributed by atoms with Crippen molar-refractivity contribution in [3.05, 3.63) is 53.6 Å². The van der Waals surface area contributed by atoms with Crippen molar-refractivity contribution in [3.8, 4) is 17.2 Å². The first-order chi connectivity index (χ1) is 12.2. The number of rotatable bonds is 7. The number of halogens is 1. The van der Waals surface area contributed by atoms with E-state index in [0.29, 0.717) is 23.7 Å². The van der Waals surface area contributed by atoms with Gasteiger partial charge in [-0.05, 0) is 0 Å². The van der Waals surface area contributed by atoms with Crippen molar-refractivity contribution in [2.75, 3.05) is 27.6 Å². The summed E-state index contributed by atoms with van der Waals surface area (Å²) in [7, 11) is 3.17. The summed E-state index contributed by atoms with van der Waals surface area (Å²) >= 11 is -0.741. The van der Waals surface area contributed by atoms with E-state index in [1.807, 2.05) is 24.3 Å². The Morgan fingerprint density at radius 2 is 1.88 bits per heavy atom. The van der Waals surface area contributed by atoms with Crippen LogP contribution in [0.4, 0.5) is 0 Å². The number of hydrogen-bond acceptors (Lipinski definition) is 6. The van der Waals surface area contributed by atoms with Gasteiger partial charge in [0.15, 0.2) is 6.79 Å². The van der Waals surface area contributed by atoms with Gasteiger partial charge < -0.3 is 4.74 Å². The van der Waals surface area contributed by atoms with Gasteiger partial charge in [0.2, 0.25) is 0 Å². The second kappa shape index (κ2) is 8.50. The van der Waals surface area contributed by atoms with Crippen LogP contribution in [0.1, 0.15) is 21.8 Å². The fourth-order valence-electron chi connectivity index (χ4n) is 2.55. The molecule has 7 heteroatoms. The first kappa shape index (κ1) is 18.0. The number of fused-ring (bicyclic) bond motifs is 1. The summed E-state index contributed by atoms with van der Waals surface area (Å²) in [6, 6.07) is 12.7. The summed E-state index contributed by atoms with van der Waals surface area (Å²) in [5.74, 6) is 1.60. The molecule has 1 aliphatic rings. The van der Waals surface area contributed by atoms with Crippen LogP contribution in [0, 0.1) is 0 Å². The fraction of sp³-hybridized carbons (Fsp3) is 0.278. The first-order valence-corrected chi connectivity index (χ1v) is 9.36. The van der Waals surface area contributed by atoms with E-state index in [9.17, 15) is 4.79 Å². The molecule has 0 amide bonds. The molecule has 0 spiro atoms. The van der Waals surface area contributed by atoms with Gasteiger partial charge in [-0.1, -0.05) is 0 Å². The molecule has 25 heavy (non-hydrogen) atoms. The van der Waals surface area contributed by atoms with Crippen LogP contribution in [-0.4, -0.2) is 33.4 Å². The van der Waals surface area contributed by atoms with Crippen LogP contribution in [0.25, 0.3) is 0 Å². The van der Waals surface area contributed by atoms with Crippen molar-refractivity contribution in [2.24, 2.45) is 0 Å². The van der Waals surface area contributed by atoms with Crippen LogP contribution in [0.5, 0.6) is 17.2 Å². The van der Waals surface area contributed by atoms with Gasteiger partial charge in [-0.3, -0.25) is 0 Å². The van der Waals surface area contributed by atoms with Crippen molar-refractivity contribution >= 4 is 5.78 Å². The maximum absolute atomic E-state index is 12.8. The van der Waals surface area contributed by atoms with E-state index in [4.69, 9.17) is 20.3 Å². The average molecular weight is 457 g/mol. The molecule has 0 radical (unpaired) electrons. The molecule has 1 aliphatic heterocycles. The predicted octanol–water partition coefficient (Wildman–Crippen LogP) is -0.0276. The van der Waals surface area contributed by atoms with E-state index in [0.717, 1.165) is 11.3 Å². The standard InChI is InChI=1S/C18H18IO6/c1-21-11-24-14-7-8-15-17(9-14)23-10-16(18(15)20)12-3-5-13(6-4-12)25-19-22-2/h3-9,16H,10-11H2,1-2H3/q-1. The van der Waals surface area contributed by atoms with Gasteiger partial charge >= 0.3 is 139 Å². The zero-order valence-electron chi connectivity index (χ0n) is 13.9. The van der Waals surface area contributed by atoms with Crippen LogP contribution in [0.3, 0.4) is 0 Å². The molecule has 0 aromatic heterocycles. The van der Waals surface area contributed by atoms with Crippen molar-refractivity contribution in [2.45, 2.75) is 5.92 Å². The molecule has 6 nitrogen and oxygen atoms in total. The van der Waals surface area contributed by atoms with Gasteiger partial charge in [0.05, 0.1) is 0 Å². The predicted molar refractivity (Wildman–Crippen MR) is 85.6 cm³/mol. The van der Waals surface area contributed by atoms with E-state index < -0.39 is 22.0 Å². The molecule has 1 unspecified atom stereocenters. The minimum atomic E-state index is -0.741. The van der Waals surface area contributed by atoms with Gasteiger partial charge in [-0.2, -0.15) is 0 Å². The molecule has 0 saturated heterocycles. The Kier molecular flexibility index (Phi) is 6.11. The third-order valence-corrected chi connectivity index (χ3v) is 4.80. The van der Waals surface area contributed by atoms with Gasteiger partial charge in [0.1, 0.15) is 0 Å². The molecule has 0 fully saturated rings. The summed E-state index contributed by atoms with van der Waals surface area (Å²) in [5.41, 5.74) is 1.46. The number of benzene rings is 2. The minimum absolute atomic E-state index is 0.0394. The van der Waals surface area contributed by atoms with Crippen LogP contribution in [-0.2, 0) is 7.80 Å². The number of hydrogen-bond donors (Lipinski definition) is 0.